The number of hydrogen-bond acceptors (Lipinski definition) is 11. The van der Waals surface area contributed by atoms with Gasteiger partial charge in [-0.3, -0.25) is 18.9 Å². The summed E-state index contributed by atoms with van der Waals surface area (Å²) in [6.45, 7) is 1.50. The lowest BCUT2D eigenvalue weighted by molar-refractivity contribution is -0.167. The highest BCUT2D eigenvalue weighted by molar-refractivity contribution is 7.47. The second kappa shape index (κ2) is 8.02. The number of aliphatic hydroxyl groups is 2. The first-order valence-electron chi connectivity index (χ1n) is 9.21. The maximum atomic E-state index is 14.0. The molecule has 180 valence electrons. The Kier molecular flexibility index (Phi) is 6.14. The monoisotopic (exact) mass is 484 g/mol. The molecule has 16 heteroatoms. The van der Waals surface area contributed by atoms with Gasteiger partial charge in [0.2, 0.25) is 6.79 Å². The minimum atomic E-state index is -5.06. The number of H-pyrrole nitrogens is 1. The molecule has 4 N–H and O–H groups in total. The summed E-state index contributed by atoms with van der Waals surface area (Å²) in [6.07, 6.45) is -4.33. The summed E-state index contributed by atoms with van der Waals surface area (Å²) in [5, 5.41) is 21.8. The molecule has 0 radical (unpaired) electrons. The van der Waals surface area contributed by atoms with Gasteiger partial charge in [0.05, 0.1) is 6.10 Å². The van der Waals surface area contributed by atoms with E-state index < -0.39 is 73.9 Å². The van der Waals surface area contributed by atoms with Crippen LogP contribution in [0.2, 0.25) is 0 Å². The van der Waals surface area contributed by atoms with Crippen LogP contribution >= 0.6 is 7.82 Å². The molecule has 14 nitrogen and oxygen atoms in total. The lowest BCUT2D eigenvalue weighted by Gasteiger charge is -2.33. The number of rotatable bonds is 8. The number of hydrogen-bond donors (Lipinski definition) is 4. The number of halogens is 1. The van der Waals surface area contributed by atoms with Crippen LogP contribution < -0.4 is 11.2 Å². The number of carbonyl (C=O) groups is 1. The van der Waals surface area contributed by atoms with Crippen molar-refractivity contribution in [1.29, 1.82) is 0 Å². The van der Waals surface area contributed by atoms with Crippen LogP contribution in [0.25, 0.3) is 0 Å². The molecule has 1 aromatic rings. The third kappa shape index (κ3) is 3.79. The molecule has 0 bridgehead atoms. The Hall–Kier alpha value is -2.13. The summed E-state index contributed by atoms with van der Waals surface area (Å²) < 4.78 is 50.5. The van der Waals surface area contributed by atoms with E-state index in [9.17, 15) is 38.4 Å². The highest BCUT2D eigenvalue weighted by Gasteiger charge is 2.93. The fraction of sp³-hybridized carbons (Fsp3) is 0.688. The molecule has 1 aromatic heterocycles. The Balaban J connectivity index is 1.75. The molecule has 1 aliphatic carbocycles. The van der Waals surface area contributed by atoms with Gasteiger partial charge in [0.25, 0.3) is 5.56 Å². The number of phosphoric ester groups is 1. The summed E-state index contributed by atoms with van der Waals surface area (Å²) in [5.74, 6) is 0. The summed E-state index contributed by atoms with van der Waals surface area (Å²) in [5.41, 5.74) is -9.11. The van der Waals surface area contributed by atoms with Crippen LogP contribution in [0.1, 0.15) is 27.0 Å². The lowest BCUT2D eigenvalue weighted by Crippen LogP contribution is -2.51. The fourth-order valence-corrected chi connectivity index (χ4v) is 4.48. The SMILES string of the molecule is CC(C)OC(=O)OCOP(=O)(O)OC1[C@]2(O)[C@@](C)(O)[C@H](n3ccc(=O)[nH]c3=O)O[C@]12CF. The molecule has 1 saturated heterocycles. The zero-order chi connectivity index (χ0) is 24.1. The Labute approximate surface area is 179 Å². The van der Waals surface area contributed by atoms with Crippen LogP contribution in [0.5, 0.6) is 0 Å². The molecule has 32 heavy (non-hydrogen) atoms. The Morgan fingerprint density at radius 1 is 1.41 bits per heavy atom. The van der Waals surface area contributed by atoms with E-state index in [4.69, 9.17) is 9.26 Å². The molecule has 0 aromatic carbocycles. The summed E-state index contributed by atoms with van der Waals surface area (Å²) in [7, 11) is -5.06. The van der Waals surface area contributed by atoms with E-state index >= 15 is 0 Å². The van der Waals surface area contributed by atoms with Crippen LogP contribution in [-0.2, 0) is 27.8 Å². The largest absolute Gasteiger partial charge is 0.510 e. The van der Waals surface area contributed by atoms with Gasteiger partial charge in [0, 0.05) is 12.3 Å². The van der Waals surface area contributed by atoms with Gasteiger partial charge in [0.15, 0.2) is 17.4 Å². The maximum absolute atomic E-state index is 14.0. The van der Waals surface area contributed by atoms with Crippen LogP contribution in [0.3, 0.4) is 0 Å². The molecular formula is C16H22FN2O12P. The molecule has 2 heterocycles. The number of aromatic amines is 1. The zero-order valence-corrected chi connectivity index (χ0v) is 18.0. The summed E-state index contributed by atoms with van der Waals surface area (Å²) >= 11 is 0. The van der Waals surface area contributed by atoms with Crippen molar-refractivity contribution in [2.75, 3.05) is 13.5 Å². The van der Waals surface area contributed by atoms with Gasteiger partial charge in [-0.2, -0.15) is 0 Å². The van der Waals surface area contributed by atoms with Crippen molar-refractivity contribution in [1.82, 2.24) is 9.55 Å². The average molecular weight is 484 g/mol. The average Bonchev–Trinajstić information content (AvgIpc) is 3.09. The topological polar surface area (TPSA) is 196 Å². The lowest BCUT2D eigenvalue weighted by atomic mass is 9.94. The molecule has 1 saturated carbocycles. The third-order valence-corrected chi connectivity index (χ3v) is 6.11. The van der Waals surface area contributed by atoms with Crippen LogP contribution in [0.15, 0.2) is 21.9 Å². The Morgan fingerprint density at radius 2 is 2.06 bits per heavy atom. The first-order chi connectivity index (χ1) is 14.7. The minimum Gasteiger partial charge on any atom is -0.432 e. The molecule has 0 spiro atoms. The second-order valence-corrected chi connectivity index (χ2v) is 9.09. The standard InChI is InChI=1S/C16H22FN2O12P/c1-8(2)29-13(22)27-7-28-32(25,26)31-10-15(6-17)16(10,24)14(3,23)11(30-15)19-5-4-9(20)18-12(19)21/h4-5,8,10-11,23-24H,6-7H2,1-3H3,(H,25,26)(H,18,20,21)/t10?,11-,14+,15-,16+/m1/s1. The Bertz CT molecular complexity index is 1060. The van der Waals surface area contributed by atoms with Gasteiger partial charge in [-0.25, -0.2) is 23.1 Å². The van der Waals surface area contributed by atoms with Crippen molar-refractivity contribution in [3.8, 4) is 0 Å². The number of nitrogens with one attached hydrogen (secondary N) is 1. The third-order valence-electron chi connectivity index (χ3n) is 5.20. The maximum Gasteiger partial charge on any atom is 0.510 e. The van der Waals surface area contributed by atoms with Gasteiger partial charge >= 0.3 is 19.7 Å². The van der Waals surface area contributed by atoms with Crippen molar-refractivity contribution in [2.45, 2.75) is 56.0 Å². The van der Waals surface area contributed by atoms with E-state index in [0.29, 0.717) is 4.57 Å². The highest BCUT2D eigenvalue weighted by atomic mass is 31.2. The Morgan fingerprint density at radius 3 is 2.59 bits per heavy atom. The molecule has 3 rings (SSSR count). The summed E-state index contributed by atoms with van der Waals surface area (Å²) in [4.78, 5) is 46.3. The predicted octanol–water partition coefficient (Wildman–Crippen LogP) is -0.709. The van der Waals surface area contributed by atoms with Crippen molar-refractivity contribution in [3.63, 3.8) is 0 Å². The first kappa shape index (κ1) is 24.5. The second-order valence-electron chi connectivity index (χ2n) is 7.69. The van der Waals surface area contributed by atoms with Gasteiger partial charge in [-0.1, -0.05) is 0 Å². The number of ether oxygens (including phenoxy) is 3. The molecule has 0 amide bonds. The fourth-order valence-electron chi connectivity index (χ4n) is 3.64. The van der Waals surface area contributed by atoms with Crippen LogP contribution in [0.4, 0.5) is 9.18 Å². The van der Waals surface area contributed by atoms with Crippen molar-refractivity contribution in [2.24, 2.45) is 0 Å². The molecule has 2 unspecified atom stereocenters. The number of nitrogens with zero attached hydrogens (tertiary/aromatic N) is 1. The molecule has 2 aliphatic rings. The number of alkyl halides is 1. The highest BCUT2D eigenvalue weighted by Crippen LogP contribution is 2.71. The molecule has 2 fully saturated rings. The number of fused-ring (bicyclic) bond motifs is 1. The smallest absolute Gasteiger partial charge is 0.432 e. The van der Waals surface area contributed by atoms with Crippen molar-refractivity contribution >= 4 is 14.0 Å². The van der Waals surface area contributed by atoms with E-state index in [0.717, 1.165) is 19.2 Å². The van der Waals surface area contributed by atoms with Crippen molar-refractivity contribution < 1.29 is 52.1 Å². The van der Waals surface area contributed by atoms with Crippen LogP contribution in [0, 0.1) is 0 Å². The minimum absolute atomic E-state index is 0.522. The van der Waals surface area contributed by atoms with E-state index in [1.807, 2.05) is 4.98 Å². The van der Waals surface area contributed by atoms with E-state index in [1.165, 1.54) is 13.8 Å². The van der Waals surface area contributed by atoms with Gasteiger partial charge in [0.1, 0.15) is 18.4 Å². The number of phosphoric acid groups is 1. The number of aromatic nitrogens is 2. The van der Waals surface area contributed by atoms with Gasteiger partial charge in [-0.05, 0) is 20.8 Å². The van der Waals surface area contributed by atoms with E-state index in [2.05, 4.69) is 14.0 Å². The number of carbonyl (C=O) groups excluding carboxylic acids is 1. The van der Waals surface area contributed by atoms with Crippen LogP contribution in [-0.4, -0.2) is 73.3 Å². The molecule has 1 aliphatic heterocycles. The first-order valence-corrected chi connectivity index (χ1v) is 10.7. The predicted molar refractivity (Wildman–Crippen MR) is 99.1 cm³/mol. The van der Waals surface area contributed by atoms with Crippen molar-refractivity contribution in [3.05, 3.63) is 33.1 Å². The quantitative estimate of drug-likeness (QED) is 0.206. The molecular weight excluding hydrogens is 462 g/mol. The normalized spacial score (nSPS) is 35.2. The molecule has 6 atom stereocenters. The van der Waals surface area contributed by atoms with Gasteiger partial charge < -0.3 is 29.3 Å². The zero-order valence-electron chi connectivity index (χ0n) is 17.1. The van der Waals surface area contributed by atoms with E-state index in [1.54, 1.807) is 0 Å². The summed E-state index contributed by atoms with van der Waals surface area (Å²) in [6, 6.07) is 0.936. The van der Waals surface area contributed by atoms with Gasteiger partial charge in [-0.15, -0.1) is 0 Å². The van der Waals surface area contributed by atoms with E-state index in [-0.39, 0.29) is 0 Å².